The van der Waals surface area contributed by atoms with Crippen LogP contribution in [0.2, 0.25) is 0 Å². The van der Waals surface area contributed by atoms with Gasteiger partial charge in [-0.05, 0) is 25.0 Å². The third kappa shape index (κ3) is 1.94. The van der Waals surface area contributed by atoms with E-state index >= 15 is 0 Å². The van der Waals surface area contributed by atoms with E-state index in [1.807, 2.05) is 0 Å². The molecule has 2 atom stereocenters. The van der Waals surface area contributed by atoms with Gasteiger partial charge in [-0.25, -0.2) is 4.39 Å². The first-order chi connectivity index (χ1) is 9.15. The Hall–Kier alpha value is -1.13. The smallest absolute Gasteiger partial charge is 0.128 e. The second kappa shape index (κ2) is 3.93. The Morgan fingerprint density at radius 2 is 2.21 bits per heavy atom. The number of hydrogen-bond acceptors (Lipinski definition) is 3. The maximum atomic E-state index is 13.3. The van der Waals surface area contributed by atoms with Crippen molar-refractivity contribution in [2.24, 2.45) is 0 Å². The highest BCUT2D eigenvalue weighted by atomic mass is 19.1. The molecule has 1 aliphatic carbocycles. The molecule has 2 fully saturated rings. The van der Waals surface area contributed by atoms with E-state index in [2.05, 4.69) is 4.90 Å². The molecule has 0 radical (unpaired) electrons. The summed E-state index contributed by atoms with van der Waals surface area (Å²) in [6.45, 7) is 1.90. The van der Waals surface area contributed by atoms with Crippen molar-refractivity contribution in [2.75, 3.05) is 13.1 Å². The number of rotatable bonds is 1. The van der Waals surface area contributed by atoms with Gasteiger partial charge in [-0.1, -0.05) is 0 Å². The molecule has 0 aromatic heterocycles. The predicted molar refractivity (Wildman–Crippen MR) is 68.5 cm³/mol. The second-order valence-corrected chi connectivity index (χ2v) is 6.14. The Morgan fingerprint density at radius 1 is 1.37 bits per heavy atom. The van der Waals surface area contributed by atoms with E-state index in [1.165, 1.54) is 25.0 Å². The van der Waals surface area contributed by atoms with E-state index in [-0.39, 0.29) is 11.4 Å². The van der Waals surface area contributed by atoms with Crippen molar-refractivity contribution in [3.63, 3.8) is 0 Å². The number of benzene rings is 1. The van der Waals surface area contributed by atoms with Crippen LogP contribution < -0.4 is 4.74 Å². The van der Waals surface area contributed by atoms with Gasteiger partial charge in [0.05, 0.1) is 6.10 Å². The zero-order chi connectivity index (χ0) is 13.0. The number of nitrogens with zero attached hydrogens (tertiary/aromatic N) is 1. The summed E-state index contributed by atoms with van der Waals surface area (Å²) in [4.78, 5) is 2.46. The molecule has 0 bridgehead atoms. The molecule has 1 spiro atoms. The van der Waals surface area contributed by atoms with E-state index in [9.17, 15) is 9.50 Å². The summed E-state index contributed by atoms with van der Waals surface area (Å²) < 4.78 is 19.4. The number of aliphatic hydroxyl groups is 1. The van der Waals surface area contributed by atoms with Crippen LogP contribution in [0.15, 0.2) is 18.2 Å². The van der Waals surface area contributed by atoms with Crippen molar-refractivity contribution >= 4 is 0 Å². The quantitative estimate of drug-likeness (QED) is 0.843. The van der Waals surface area contributed by atoms with Crippen molar-refractivity contribution in [3.8, 4) is 5.75 Å². The van der Waals surface area contributed by atoms with Gasteiger partial charge in [0.15, 0.2) is 0 Å². The minimum absolute atomic E-state index is 0.306. The molecule has 0 amide bonds. The summed E-state index contributed by atoms with van der Waals surface area (Å²) >= 11 is 0. The first kappa shape index (κ1) is 11.7. The van der Waals surface area contributed by atoms with Gasteiger partial charge in [0.2, 0.25) is 0 Å². The lowest BCUT2D eigenvalue weighted by molar-refractivity contribution is -0.00789. The van der Waals surface area contributed by atoms with Crippen LogP contribution in [0.5, 0.6) is 5.75 Å². The fourth-order valence-corrected chi connectivity index (χ4v) is 3.49. The van der Waals surface area contributed by atoms with Crippen LogP contribution in [0, 0.1) is 5.82 Å². The number of likely N-dealkylation sites (tertiary alicyclic amines) is 1. The summed E-state index contributed by atoms with van der Waals surface area (Å²) in [6, 6.07) is 5.14. The van der Waals surface area contributed by atoms with E-state index < -0.39 is 6.10 Å². The largest absolute Gasteiger partial charge is 0.485 e. The van der Waals surface area contributed by atoms with Gasteiger partial charge in [0, 0.05) is 43.6 Å². The number of ether oxygens (including phenoxy) is 1. The molecule has 1 saturated carbocycles. The van der Waals surface area contributed by atoms with Gasteiger partial charge in [-0.15, -0.1) is 0 Å². The van der Waals surface area contributed by atoms with Crippen LogP contribution in [-0.4, -0.2) is 34.7 Å². The van der Waals surface area contributed by atoms with Crippen LogP contribution >= 0.6 is 0 Å². The molecule has 2 heterocycles. The molecular weight excluding hydrogens is 245 g/mol. The maximum Gasteiger partial charge on any atom is 0.128 e. The molecule has 19 heavy (non-hydrogen) atoms. The van der Waals surface area contributed by atoms with Gasteiger partial charge in [-0.2, -0.15) is 0 Å². The minimum atomic E-state index is -0.538. The average molecular weight is 263 g/mol. The average Bonchev–Trinajstić information content (AvgIpc) is 3.13. The van der Waals surface area contributed by atoms with E-state index in [4.69, 9.17) is 4.74 Å². The third-order valence-corrected chi connectivity index (χ3v) is 4.64. The normalized spacial score (nSPS) is 34.3. The molecule has 4 heteroatoms. The third-order valence-electron chi connectivity index (χ3n) is 4.64. The Kier molecular flexibility index (Phi) is 2.42. The molecule has 3 nitrogen and oxygen atoms in total. The summed E-state index contributed by atoms with van der Waals surface area (Å²) in [6.07, 6.45) is 3.57. The SMILES string of the molecule is OC1CC2(CCN(C3CC3)C2)Oc2cc(F)ccc21. The molecule has 102 valence electrons. The second-order valence-electron chi connectivity index (χ2n) is 6.14. The summed E-state index contributed by atoms with van der Waals surface area (Å²) in [5, 5.41) is 10.3. The Balaban J connectivity index is 1.63. The molecule has 1 aromatic carbocycles. The van der Waals surface area contributed by atoms with Crippen LogP contribution in [0.3, 0.4) is 0 Å². The van der Waals surface area contributed by atoms with Crippen LogP contribution in [0.25, 0.3) is 0 Å². The first-order valence-corrected chi connectivity index (χ1v) is 7.06. The number of halogens is 1. The lowest BCUT2D eigenvalue weighted by Crippen LogP contribution is -2.44. The molecule has 3 aliphatic rings. The van der Waals surface area contributed by atoms with Crippen LogP contribution in [-0.2, 0) is 0 Å². The fraction of sp³-hybridized carbons (Fsp3) is 0.600. The van der Waals surface area contributed by atoms with Gasteiger partial charge < -0.3 is 9.84 Å². The van der Waals surface area contributed by atoms with Gasteiger partial charge in [0.1, 0.15) is 17.2 Å². The number of hydrogen-bond donors (Lipinski definition) is 1. The highest BCUT2D eigenvalue weighted by molar-refractivity contribution is 5.39. The Bertz CT molecular complexity index is 517. The summed E-state index contributed by atoms with van der Waals surface area (Å²) in [5.41, 5.74) is 0.403. The monoisotopic (exact) mass is 263 g/mol. The molecular formula is C15H18FNO2. The van der Waals surface area contributed by atoms with E-state index in [0.717, 1.165) is 25.1 Å². The predicted octanol–water partition coefficient (Wildman–Crippen LogP) is 2.25. The fourth-order valence-electron chi connectivity index (χ4n) is 3.49. The van der Waals surface area contributed by atoms with Gasteiger partial charge in [-0.3, -0.25) is 4.90 Å². The van der Waals surface area contributed by atoms with Gasteiger partial charge >= 0.3 is 0 Å². The zero-order valence-corrected chi connectivity index (χ0v) is 10.8. The zero-order valence-electron chi connectivity index (χ0n) is 10.8. The molecule has 2 unspecified atom stereocenters. The van der Waals surface area contributed by atoms with Crippen molar-refractivity contribution < 1.29 is 14.2 Å². The highest BCUT2D eigenvalue weighted by Gasteiger charge is 2.48. The molecule has 2 aliphatic heterocycles. The van der Waals surface area contributed by atoms with Crippen LogP contribution in [0.4, 0.5) is 4.39 Å². The molecule has 4 rings (SSSR count). The van der Waals surface area contributed by atoms with Crippen molar-refractivity contribution in [1.29, 1.82) is 0 Å². The maximum absolute atomic E-state index is 13.3. The Labute approximate surface area is 112 Å². The lowest BCUT2D eigenvalue weighted by Gasteiger charge is -2.38. The number of aliphatic hydroxyl groups excluding tert-OH is 1. The summed E-state index contributed by atoms with van der Waals surface area (Å²) in [5.74, 6) is 0.219. The van der Waals surface area contributed by atoms with Gasteiger partial charge in [0.25, 0.3) is 0 Å². The van der Waals surface area contributed by atoms with Crippen LogP contribution in [0.1, 0.15) is 37.4 Å². The van der Waals surface area contributed by atoms with E-state index in [1.54, 1.807) is 6.07 Å². The first-order valence-electron chi connectivity index (χ1n) is 7.06. The van der Waals surface area contributed by atoms with Crippen molar-refractivity contribution in [1.82, 2.24) is 4.90 Å². The molecule has 1 N–H and O–H groups in total. The van der Waals surface area contributed by atoms with Crippen molar-refractivity contribution in [3.05, 3.63) is 29.6 Å². The summed E-state index contributed by atoms with van der Waals surface area (Å²) in [7, 11) is 0. The minimum Gasteiger partial charge on any atom is -0.485 e. The topological polar surface area (TPSA) is 32.7 Å². The standard InChI is InChI=1S/C15H18FNO2/c16-10-1-4-12-13(18)8-15(19-14(12)7-10)5-6-17(9-15)11-2-3-11/h1,4,7,11,13,18H,2-3,5-6,8-9H2. The highest BCUT2D eigenvalue weighted by Crippen LogP contribution is 2.45. The number of fused-ring (bicyclic) bond motifs is 1. The lowest BCUT2D eigenvalue weighted by atomic mass is 9.88. The van der Waals surface area contributed by atoms with E-state index in [0.29, 0.717) is 18.2 Å². The van der Waals surface area contributed by atoms with Crippen molar-refractivity contribution in [2.45, 2.75) is 43.4 Å². The molecule has 1 saturated heterocycles. The Morgan fingerprint density at radius 3 is 3.00 bits per heavy atom. The molecule has 1 aromatic rings.